The van der Waals surface area contributed by atoms with E-state index in [9.17, 15) is 14.4 Å². The van der Waals surface area contributed by atoms with Crippen LogP contribution in [-0.4, -0.2) is 33.2 Å². The van der Waals surface area contributed by atoms with Crippen molar-refractivity contribution < 1.29 is 19.5 Å². The average Bonchev–Trinajstić information content (AvgIpc) is 3.01. The summed E-state index contributed by atoms with van der Waals surface area (Å²) in [6, 6.07) is 13.4. The van der Waals surface area contributed by atoms with E-state index in [0.717, 1.165) is 12.0 Å². The molecule has 0 radical (unpaired) electrons. The monoisotopic (exact) mass is 382 g/mol. The number of benzene rings is 2. The first-order valence-corrected chi connectivity index (χ1v) is 9.36. The summed E-state index contributed by atoms with van der Waals surface area (Å²) in [5.74, 6) is -1.35. The summed E-state index contributed by atoms with van der Waals surface area (Å²) in [6.45, 7) is 2.05. The van der Waals surface area contributed by atoms with Gasteiger partial charge in [-0.2, -0.15) is 0 Å². The number of carboxylic acids is 1. The van der Waals surface area contributed by atoms with E-state index >= 15 is 0 Å². The second-order valence-electron chi connectivity index (χ2n) is 6.04. The van der Waals surface area contributed by atoms with Crippen LogP contribution < -0.4 is 5.32 Å². The molecule has 1 atom stereocenters. The van der Waals surface area contributed by atoms with E-state index in [-0.39, 0.29) is 23.7 Å². The van der Waals surface area contributed by atoms with Gasteiger partial charge in [0.05, 0.1) is 16.5 Å². The number of aliphatic imine (C=N–C) groups is 1. The lowest BCUT2D eigenvalue weighted by molar-refractivity contribution is -0.118. The van der Waals surface area contributed by atoms with Gasteiger partial charge < -0.3 is 10.4 Å². The summed E-state index contributed by atoms with van der Waals surface area (Å²) < 4.78 is 0. The van der Waals surface area contributed by atoms with Gasteiger partial charge in [-0.05, 0) is 36.2 Å². The second-order valence-corrected chi connectivity index (χ2v) is 7.23. The Hall–Kier alpha value is -2.93. The van der Waals surface area contributed by atoms with Gasteiger partial charge in [0.2, 0.25) is 5.91 Å². The zero-order valence-corrected chi connectivity index (χ0v) is 15.5. The summed E-state index contributed by atoms with van der Waals surface area (Å²) in [6.07, 6.45) is 1.00. The van der Waals surface area contributed by atoms with Crippen molar-refractivity contribution in [2.45, 2.75) is 25.0 Å². The van der Waals surface area contributed by atoms with Crippen molar-refractivity contribution in [1.82, 2.24) is 5.32 Å². The average molecular weight is 382 g/mol. The van der Waals surface area contributed by atoms with Gasteiger partial charge in [0.1, 0.15) is 0 Å². The predicted octanol–water partition coefficient (Wildman–Crippen LogP) is 3.44. The fourth-order valence-corrected chi connectivity index (χ4v) is 3.59. The quantitative estimate of drug-likeness (QED) is 0.746. The summed E-state index contributed by atoms with van der Waals surface area (Å²) in [5, 5.41) is 11.5. The highest BCUT2D eigenvalue weighted by Gasteiger charge is 2.32. The van der Waals surface area contributed by atoms with Crippen LogP contribution in [0.1, 0.15) is 39.6 Å². The minimum Gasteiger partial charge on any atom is -0.478 e. The lowest BCUT2D eigenvalue weighted by Gasteiger charge is -2.05. The molecule has 1 heterocycles. The largest absolute Gasteiger partial charge is 0.478 e. The third kappa shape index (κ3) is 4.62. The summed E-state index contributed by atoms with van der Waals surface area (Å²) in [7, 11) is 0. The van der Waals surface area contributed by atoms with E-state index in [1.807, 2.05) is 19.1 Å². The Morgan fingerprint density at radius 2 is 1.70 bits per heavy atom. The van der Waals surface area contributed by atoms with Crippen LogP contribution in [0, 0.1) is 0 Å². The molecular weight excluding hydrogens is 364 g/mol. The lowest BCUT2D eigenvalue weighted by Crippen LogP contribution is -2.26. The normalized spacial score (nSPS) is 17.7. The van der Waals surface area contributed by atoms with Crippen molar-refractivity contribution in [3.63, 3.8) is 0 Å². The number of carboxylic acid groups (broad SMARTS) is 1. The molecule has 2 aromatic rings. The zero-order valence-electron chi connectivity index (χ0n) is 14.6. The SMILES string of the molecule is CCc1ccc(C(=O)C[C@H]2SC(=Nc3ccc(C(=O)O)cc3)NC2=O)cc1. The first-order chi connectivity index (χ1) is 13.0. The number of Topliss-reactive ketones (excluding diaryl/α,β-unsaturated/α-hetero) is 1. The van der Waals surface area contributed by atoms with Gasteiger partial charge in [0.25, 0.3) is 0 Å². The third-order valence-corrected chi connectivity index (χ3v) is 5.26. The molecule has 7 heteroatoms. The van der Waals surface area contributed by atoms with Crippen LogP contribution in [0.5, 0.6) is 0 Å². The fraction of sp³-hybridized carbons (Fsp3) is 0.200. The maximum Gasteiger partial charge on any atom is 0.335 e. The zero-order chi connectivity index (χ0) is 19.4. The number of carbonyl (C=O) groups excluding carboxylic acids is 2. The van der Waals surface area contributed by atoms with Crippen molar-refractivity contribution in [1.29, 1.82) is 0 Å². The number of thioether (sulfide) groups is 1. The molecule has 2 N–H and O–H groups in total. The number of nitrogens with zero attached hydrogens (tertiary/aromatic N) is 1. The standard InChI is InChI=1S/C20H18N2O4S/c1-2-12-3-5-13(6-4-12)16(23)11-17-18(24)22-20(27-17)21-15-9-7-14(8-10-15)19(25)26/h3-10,17H,2,11H2,1H3,(H,25,26)(H,21,22,24)/t17-/m1/s1. The summed E-state index contributed by atoms with van der Waals surface area (Å²) in [4.78, 5) is 39.7. The molecule has 2 aromatic carbocycles. The maximum absolute atomic E-state index is 12.4. The van der Waals surface area contributed by atoms with E-state index in [2.05, 4.69) is 10.3 Å². The second kappa shape index (κ2) is 8.18. The molecule has 1 amide bonds. The van der Waals surface area contributed by atoms with E-state index < -0.39 is 11.2 Å². The Morgan fingerprint density at radius 1 is 1.07 bits per heavy atom. The number of hydrogen-bond acceptors (Lipinski definition) is 5. The topological polar surface area (TPSA) is 95.8 Å². The van der Waals surface area contributed by atoms with Crippen molar-refractivity contribution in [3.8, 4) is 0 Å². The van der Waals surface area contributed by atoms with Crippen molar-refractivity contribution in [3.05, 3.63) is 65.2 Å². The molecule has 0 aromatic heterocycles. The van der Waals surface area contributed by atoms with Crippen LogP contribution in [-0.2, 0) is 11.2 Å². The van der Waals surface area contributed by atoms with Gasteiger partial charge in [0, 0.05) is 12.0 Å². The molecule has 138 valence electrons. The molecule has 0 aliphatic carbocycles. The Morgan fingerprint density at radius 3 is 2.30 bits per heavy atom. The molecule has 1 aliphatic rings. The van der Waals surface area contributed by atoms with Crippen molar-refractivity contribution >= 4 is 40.3 Å². The van der Waals surface area contributed by atoms with Crippen LogP contribution in [0.25, 0.3) is 0 Å². The predicted molar refractivity (Wildman–Crippen MR) is 105 cm³/mol. The number of amidine groups is 1. The number of ketones is 1. The van der Waals surface area contributed by atoms with Gasteiger partial charge in [-0.3, -0.25) is 9.59 Å². The van der Waals surface area contributed by atoms with Crippen molar-refractivity contribution in [2.75, 3.05) is 0 Å². The number of nitrogens with one attached hydrogen (secondary N) is 1. The number of rotatable bonds is 6. The maximum atomic E-state index is 12.4. The highest BCUT2D eigenvalue weighted by atomic mass is 32.2. The highest BCUT2D eigenvalue weighted by Crippen LogP contribution is 2.26. The van der Waals surface area contributed by atoms with Gasteiger partial charge in [-0.1, -0.05) is 43.0 Å². The molecule has 1 aliphatic heterocycles. The molecule has 1 saturated heterocycles. The first kappa shape index (κ1) is 18.8. The number of carbonyl (C=O) groups is 3. The van der Waals surface area contributed by atoms with Gasteiger partial charge in [-0.25, -0.2) is 9.79 Å². The van der Waals surface area contributed by atoms with Crippen LogP contribution in [0.2, 0.25) is 0 Å². The minimum absolute atomic E-state index is 0.0858. The van der Waals surface area contributed by atoms with Crippen LogP contribution in [0.3, 0.4) is 0 Å². The number of aromatic carboxylic acids is 1. The Labute approximate surface area is 160 Å². The van der Waals surface area contributed by atoms with Gasteiger partial charge in [0.15, 0.2) is 11.0 Å². The first-order valence-electron chi connectivity index (χ1n) is 8.48. The van der Waals surface area contributed by atoms with E-state index in [4.69, 9.17) is 5.11 Å². The Bertz CT molecular complexity index is 905. The molecule has 6 nitrogen and oxygen atoms in total. The van der Waals surface area contributed by atoms with Crippen LogP contribution in [0.4, 0.5) is 5.69 Å². The number of hydrogen-bond donors (Lipinski definition) is 2. The molecule has 0 saturated carbocycles. The molecular formula is C20H18N2O4S. The summed E-state index contributed by atoms with van der Waals surface area (Å²) >= 11 is 1.21. The third-order valence-electron chi connectivity index (χ3n) is 4.18. The summed E-state index contributed by atoms with van der Waals surface area (Å²) in [5.41, 5.74) is 2.45. The molecule has 0 spiro atoms. The minimum atomic E-state index is -1.01. The number of amides is 1. The Balaban J connectivity index is 1.65. The Kier molecular flexibility index (Phi) is 5.71. The van der Waals surface area contributed by atoms with Crippen molar-refractivity contribution in [2.24, 2.45) is 4.99 Å². The lowest BCUT2D eigenvalue weighted by atomic mass is 10.0. The smallest absolute Gasteiger partial charge is 0.335 e. The highest BCUT2D eigenvalue weighted by molar-refractivity contribution is 8.15. The number of aryl methyl sites for hydroxylation is 1. The fourth-order valence-electron chi connectivity index (χ4n) is 2.60. The van der Waals surface area contributed by atoms with Gasteiger partial charge >= 0.3 is 5.97 Å². The molecule has 1 fully saturated rings. The molecule has 27 heavy (non-hydrogen) atoms. The van der Waals surface area contributed by atoms with Crippen LogP contribution in [0.15, 0.2) is 53.5 Å². The van der Waals surface area contributed by atoms with E-state index in [0.29, 0.717) is 16.4 Å². The van der Waals surface area contributed by atoms with E-state index in [1.54, 1.807) is 24.3 Å². The molecule has 0 unspecified atom stereocenters. The van der Waals surface area contributed by atoms with E-state index in [1.165, 1.54) is 23.9 Å². The van der Waals surface area contributed by atoms with Gasteiger partial charge in [-0.15, -0.1) is 0 Å². The molecule has 0 bridgehead atoms. The van der Waals surface area contributed by atoms with Crippen LogP contribution >= 0.6 is 11.8 Å². The molecule has 3 rings (SSSR count).